The summed E-state index contributed by atoms with van der Waals surface area (Å²) < 4.78 is 27.5. The molecule has 0 aliphatic carbocycles. The van der Waals surface area contributed by atoms with Crippen molar-refractivity contribution in [2.45, 2.75) is 62.9 Å². The number of carbonyl (C=O) groups excluding carboxylic acids is 1. The van der Waals surface area contributed by atoms with Gasteiger partial charge in [0.1, 0.15) is 29.9 Å². The number of anilines is 2. The van der Waals surface area contributed by atoms with E-state index in [1.54, 1.807) is 4.90 Å². The summed E-state index contributed by atoms with van der Waals surface area (Å²) in [7, 11) is 0. The minimum Gasteiger partial charge on any atom is -0.394 e. The molecule has 1 fully saturated rings. The van der Waals surface area contributed by atoms with Crippen LogP contribution in [0.2, 0.25) is 0 Å². The van der Waals surface area contributed by atoms with E-state index in [1.807, 2.05) is 60.4 Å². The first-order valence-electron chi connectivity index (χ1n) is 16.2. The highest BCUT2D eigenvalue weighted by Crippen LogP contribution is 2.49. The number of aryl methyl sites for hydroxylation is 1. The second-order valence-corrected chi connectivity index (χ2v) is 12.6. The molecule has 9 nitrogen and oxygen atoms in total. The lowest BCUT2D eigenvalue weighted by Crippen LogP contribution is -2.56. The molecule has 7 atom stereocenters. The fraction of sp³-hybridized carbons (Fsp3) is 0.342. The smallest absolute Gasteiger partial charge is 0.233 e. The van der Waals surface area contributed by atoms with Crippen molar-refractivity contribution in [3.8, 4) is 0 Å². The molecule has 4 aromatic rings. The van der Waals surface area contributed by atoms with E-state index >= 15 is 0 Å². The number of hydrogen-bond acceptors (Lipinski definition) is 8. The first-order valence-corrected chi connectivity index (χ1v) is 16.2. The van der Waals surface area contributed by atoms with Gasteiger partial charge in [-0.25, -0.2) is 8.78 Å². The van der Waals surface area contributed by atoms with Gasteiger partial charge < -0.3 is 40.4 Å². The average molecular weight is 677 g/mol. The van der Waals surface area contributed by atoms with Gasteiger partial charge in [0.15, 0.2) is 0 Å². The SMILES string of the molecule is Cc1ccc(C2C(CCC(O)c3ccc(F)cc3)C(=O)N2c2ccc(F)cc2)c(N(Cc2ccccc2)CC(O)C(O)C(O)C(O)CO)c1. The Morgan fingerprint density at radius 1 is 0.796 bits per heavy atom. The molecular formula is C38H42F2N2O7. The molecule has 0 saturated carbocycles. The van der Waals surface area contributed by atoms with Crippen LogP contribution in [0.4, 0.5) is 20.2 Å². The van der Waals surface area contributed by atoms with E-state index in [0.29, 0.717) is 22.5 Å². The Labute approximate surface area is 283 Å². The van der Waals surface area contributed by atoms with Gasteiger partial charge in [0.25, 0.3) is 0 Å². The molecule has 0 bridgehead atoms. The Morgan fingerprint density at radius 3 is 2.04 bits per heavy atom. The third kappa shape index (κ3) is 8.33. The second-order valence-electron chi connectivity index (χ2n) is 12.6. The molecule has 260 valence electrons. The fourth-order valence-corrected chi connectivity index (χ4v) is 6.39. The Bertz CT molecular complexity index is 1680. The highest BCUT2D eigenvalue weighted by atomic mass is 19.1. The van der Waals surface area contributed by atoms with Gasteiger partial charge in [-0.3, -0.25) is 4.79 Å². The molecule has 49 heavy (non-hydrogen) atoms. The number of carbonyl (C=O) groups is 1. The normalized spacial score (nSPS) is 19.1. The van der Waals surface area contributed by atoms with Gasteiger partial charge >= 0.3 is 0 Å². The Balaban J connectivity index is 1.53. The van der Waals surface area contributed by atoms with Crippen LogP contribution in [0.25, 0.3) is 0 Å². The van der Waals surface area contributed by atoms with Gasteiger partial charge in [-0.2, -0.15) is 0 Å². The minimum atomic E-state index is -1.81. The summed E-state index contributed by atoms with van der Waals surface area (Å²) in [5.41, 5.74) is 4.05. The second kappa shape index (κ2) is 16.0. The van der Waals surface area contributed by atoms with Crippen molar-refractivity contribution >= 4 is 17.3 Å². The summed E-state index contributed by atoms with van der Waals surface area (Å²) in [5, 5.41) is 62.4. The van der Waals surface area contributed by atoms with Crippen molar-refractivity contribution in [3.63, 3.8) is 0 Å². The van der Waals surface area contributed by atoms with Gasteiger partial charge in [-0.1, -0.05) is 54.6 Å². The summed E-state index contributed by atoms with van der Waals surface area (Å²) in [6.45, 7) is 1.13. The summed E-state index contributed by atoms with van der Waals surface area (Å²) >= 11 is 0. The molecule has 1 aliphatic rings. The molecule has 1 heterocycles. The predicted octanol–water partition coefficient (Wildman–Crippen LogP) is 3.93. The number of benzene rings is 4. The van der Waals surface area contributed by atoms with E-state index in [4.69, 9.17) is 0 Å². The van der Waals surface area contributed by atoms with E-state index in [1.165, 1.54) is 48.5 Å². The number of amides is 1. The molecule has 0 aromatic heterocycles. The number of β-lactam (4-membered cyclic amide) rings is 1. The molecule has 1 amide bonds. The number of aliphatic hydroxyl groups excluding tert-OH is 6. The maximum Gasteiger partial charge on any atom is 0.233 e. The maximum atomic E-state index is 13.9. The van der Waals surface area contributed by atoms with Crippen LogP contribution in [-0.2, 0) is 11.3 Å². The summed E-state index contributed by atoms with van der Waals surface area (Å²) in [5.74, 6) is -1.71. The molecule has 7 unspecified atom stereocenters. The molecule has 6 N–H and O–H groups in total. The maximum absolute atomic E-state index is 13.9. The van der Waals surface area contributed by atoms with Gasteiger partial charge in [-0.05, 0) is 84.5 Å². The zero-order valence-corrected chi connectivity index (χ0v) is 27.1. The molecular weight excluding hydrogens is 634 g/mol. The van der Waals surface area contributed by atoms with Crippen LogP contribution in [0.3, 0.4) is 0 Å². The minimum absolute atomic E-state index is 0.202. The highest BCUT2D eigenvalue weighted by molar-refractivity contribution is 6.03. The van der Waals surface area contributed by atoms with E-state index in [2.05, 4.69) is 0 Å². The number of aliphatic hydroxyl groups is 6. The van der Waals surface area contributed by atoms with Crippen LogP contribution >= 0.6 is 0 Å². The predicted molar refractivity (Wildman–Crippen MR) is 180 cm³/mol. The monoisotopic (exact) mass is 676 g/mol. The lowest BCUT2D eigenvalue weighted by atomic mass is 9.77. The van der Waals surface area contributed by atoms with Crippen molar-refractivity contribution in [3.05, 3.63) is 131 Å². The molecule has 11 heteroatoms. The van der Waals surface area contributed by atoms with E-state index in [9.17, 15) is 44.2 Å². The van der Waals surface area contributed by atoms with Crippen LogP contribution in [-0.4, -0.2) is 74.1 Å². The standard InChI is InChI=1S/C38H42F2N2O7/c1-23-7-16-29(31(19-23)41(20-24-5-3-2-4-6-24)21-33(45)36(47)37(48)34(46)22-43)35-30(17-18-32(44)25-8-10-26(39)11-9-25)38(49)42(35)28-14-12-27(40)13-15-28/h2-16,19,30,32-37,43-48H,17-18,20-22H2,1H3. The number of rotatable bonds is 15. The van der Waals surface area contributed by atoms with Crippen LogP contribution in [0.5, 0.6) is 0 Å². The number of halogens is 2. The van der Waals surface area contributed by atoms with Crippen LogP contribution < -0.4 is 9.80 Å². The highest BCUT2D eigenvalue weighted by Gasteiger charge is 2.49. The Hall–Kier alpha value is -4.23. The van der Waals surface area contributed by atoms with Gasteiger partial charge in [-0.15, -0.1) is 0 Å². The van der Waals surface area contributed by atoms with Crippen LogP contribution in [0.1, 0.15) is 47.2 Å². The van der Waals surface area contributed by atoms with Crippen LogP contribution in [0.15, 0.2) is 97.1 Å². The van der Waals surface area contributed by atoms with E-state index in [0.717, 1.165) is 11.1 Å². The number of hydrogen-bond donors (Lipinski definition) is 6. The molecule has 1 aliphatic heterocycles. The van der Waals surface area contributed by atoms with Crippen LogP contribution in [0, 0.1) is 24.5 Å². The van der Waals surface area contributed by atoms with Gasteiger partial charge in [0.2, 0.25) is 5.91 Å². The van der Waals surface area contributed by atoms with Crippen molar-refractivity contribution in [2.24, 2.45) is 5.92 Å². The number of nitrogens with zero attached hydrogens (tertiary/aromatic N) is 2. The largest absolute Gasteiger partial charge is 0.394 e. The van der Waals surface area contributed by atoms with Crippen molar-refractivity contribution in [1.82, 2.24) is 0 Å². The average Bonchev–Trinajstić information content (AvgIpc) is 3.10. The first-order chi connectivity index (χ1) is 23.5. The molecule has 4 aromatic carbocycles. The van der Waals surface area contributed by atoms with Crippen molar-refractivity contribution < 1.29 is 44.2 Å². The van der Waals surface area contributed by atoms with Gasteiger partial charge in [0, 0.05) is 24.5 Å². The summed E-state index contributed by atoms with van der Waals surface area (Å²) in [4.78, 5) is 17.2. The third-order valence-corrected chi connectivity index (χ3v) is 9.12. The van der Waals surface area contributed by atoms with Gasteiger partial charge in [0.05, 0.1) is 30.8 Å². The van der Waals surface area contributed by atoms with Crippen molar-refractivity contribution in [1.29, 1.82) is 0 Å². The topological polar surface area (TPSA) is 145 Å². The first kappa shape index (κ1) is 36.1. The lowest BCUT2D eigenvalue weighted by molar-refractivity contribution is -0.131. The summed E-state index contributed by atoms with van der Waals surface area (Å²) in [6, 6.07) is 25.6. The Morgan fingerprint density at radius 2 is 1.41 bits per heavy atom. The van der Waals surface area contributed by atoms with Crippen molar-refractivity contribution in [2.75, 3.05) is 23.0 Å². The third-order valence-electron chi connectivity index (χ3n) is 9.12. The van der Waals surface area contributed by atoms with E-state index < -0.39 is 60.7 Å². The lowest BCUT2D eigenvalue weighted by Gasteiger charge is -2.49. The Kier molecular flexibility index (Phi) is 11.8. The zero-order chi connectivity index (χ0) is 35.2. The fourth-order valence-electron chi connectivity index (χ4n) is 6.39. The molecule has 1 saturated heterocycles. The van der Waals surface area contributed by atoms with E-state index in [-0.39, 0.29) is 31.8 Å². The quantitative estimate of drug-likeness (QED) is 0.104. The zero-order valence-electron chi connectivity index (χ0n) is 27.1. The molecule has 0 radical (unpaired) electrons. The molecule has 5 rings (SSSR count). The molecule has 0 spiro atoms. The summed E-state index contributed by atoms with van der Waals surface area (Å²) in [6.07, 6.45) is -7.30.